The van der Waals surface area contributed by atoms with Crippen LogP contribution in [0.1, 0.15) is 17.7 Å². The molecule has 0 spiro atoms. The maximum atomic E-state index is 9.79. The van der Waals surface area contributed by atoms with E-state index in [1.165, 1.54) is 17.7 Å². The minimum Gasteiger partial charge on any atom is -0.508 e. The smallest absolute Gasteiger partial charge is 0.236 e. The summed E-state index contributed by atoms with van der Waals surface area (Å²) in [6.07, 6.45) is 4.31. The van der Waals surface area contributed by atoms with Crippen molar-refractivity contribution in [2.24, 2.45) is 0 Å². The molecular formula is C24H30N6O2S. The maximum Gasteiger partial charge on any atom is 0.236 e. The van der Waals surface area contributed by atoms with Crippen molar-refractivity contribution in [1.29, 1.82) is 0 Å². The number of hydrogen-bond donors (Lipinski definition) is 3. The lowest BCUT2D eigenvalue weighted by atomic mass is 10.0. The zero-order chi connectivity index (χ0) is 22.9. The van der Waals surface area contributed by atoms with Crippen molar-refractivity contribution in [3.8, 4) is 11.7 Å². The van der Waals surface area contributed by atoms with Crippen LogP contribution in [-0.4, -0.2) is 80.9 Å². The Morgan fingerprint density at radius 2 is 1.97 bits per heavy atom. The molecule has 0 aliphatic carbocycles. The van der Waals surface area contributed by atoms with Gasteiger partial charge in [-0.3, -0.25) is 9.47 Å². The van der Waals surface area contributed by atoms with Crippen LogP contribution in [0.4, 0.5) is 5.82 Å². The monoisotopic (exact) mass is 466 g/mol. The van der Waals surface area contributed by atoms with Gasteiger partial charge in [0.25, 0.3) is 0 Å². The van der Waals surface area contributed by atoms with E-state index in [-0.39, 0.29) is 12.4 Å². The minimum atomic E-state index is 0.0333. The summed E-state index contributed by atoms with van der Waals surface area (Å²) in [5.74, 6) is 1.55. The van der Waals surface area contributed by atoms with Crippen molar-refractivity contribution in [2.75, 3.05) is 45.7 Å². The summed E-state index contributed by atoms with van der Waals surface area (Å²) in [7, 11) is 4.33. The highest BCUT2D eigenvalue weighted by atomic mass is 32.1. The van der Waals surface area contributed by atoms with Crippen LogP contribution in [0.25, 0.3) is 27.1 Å². The van der Waals surface area contributed by atoms with E-state index in [9.17, 15) is 10.2 Å². The number of nitrogens with zero attached hydrogens (tertiary/aromatic N) is 5. The van der Waals surface area contributed by atoms with Crippen molar-refractivity contribution in [3.05, 3.63) is 41.4 Å². The first-order chi connectivity index (χ1) is 16.0. The fourth-order valence-corrected chi connectivity index (χ4v) is 5.67. The number of thiophene rings is 1. The van der Waals surface area contributed by atoms with E-state index in [0.29, 0.717) is 18.5 Å². The minimum absolute atomic E-state index is 0.0333. The molecule has 174 valence electrons. The number of rotatable bonds is 7. The van der Waals surface area contributed by atoms with Crippen molar-refractivity contribution in [1.82, 2.24) is 24.3 Å². The number of likely N-dealkylation sites (tertiary alicyclic amines) is 1. The molecule has 33 heavy (non-hydrogen) atoms. The molecule has 4 aromatic rings. The SMILES string of the molecule is CN(C)C1CCN(Cc2cc3nc(-n4ccc5cc(O)ccc54)nc(NCCO)c3s2)CC1. The Kier molecular flexibility index (Phi) is 6.20. The molecule has 1 aliphatic rings. The molecule has 0 unspecified atom stereocenters. The van der Waals surface area contributed by atoms with Crippen LogP contribution in [0.5, 0.6) is 5.75 Å². The number of phenols is 1. The summed E-state index contributed by atoms with van der Waals surface area (Å²) in [5, 5.41) is 23.3. The highest BCUT2D eigenvalue weighted by Gasteiger charge is 2.22. The molecule has 3 aromatic heterocycles. The lowest BCUT2D eigenvalue weighted by Crippen LogP contribution is -2.41. The van der Waals surface area contributed by atoms with Crippen molar-refractivity contribution < 1.29 is 10.2 Å². The quantitative estimate of drug-likeness (QED) is 0.385. The lowest BCUT2D eigenvalue weighted by molar-refractivity contribution is 0.141. The number of fused-ring (bicyclic) bond motifs is 2. The van der Waals surface area contributed by atoms with E-state index in [2.05, 4.69) is 35.3 Å². The molecule has 0 atom stereocenters. The molecule has 0 saturated carbocycles. The number of piperidine rings is 1. The number of nitrogens with one attached hydrogen (secondary N) is 1. The molecule has 0 bridgehead atoms. The number of phenolic OH excluding ortho intramolecular Hbond substituents is 1. The summed E-state index contributed by atoms with van der Waals surface area (Å²) in [6, 6.07) is 10.1. The summed E-state index contributed by atoms with van der Waals surface area (Å²) in [5.41, 5.74) is 1.84. The summed E-state index contributed by atoms with van der Waals surface area (Å²) < 4.78 is 2.95. The summed E-state index contributed by atoms with van der Waals surface area (Å²) in [4.78, 5) is 15.8. The van der Waals surface area contributed by atoms with Crippen molar-refractivity contribution in [3.63, 3.8) is 0 Å². The van der Waals surface area contributed by atoms with Gasteiger partial charge in [0.05, 0.1) is 22.3 Å². The van der Waals surface area contributed by atoms with Gasteiger partial charge >= 0.3 is 0 Å². The first kappa shape index (κ1) is 22.1. The van der Waals surface area contributed by atoms with Gasteiger partial charge in [0.2, 0.25) is 5.95 Å². The Morgan fingerprint density at radius 3 is 2.73 bits per heavy atom. The zero-order valence-corrected chi connectivity index (χ0v) is 19.8. The average Bonchev–Trinajstić information content (AvgIpc) is 3.41. The third kappa shape index (κ3) is 4.54. The number of aliphatic hydroxyl groups is 1. The first-order valence-electron chi connectivity index (χ1n) is 11.4. The van der Waals surface area contributed by atoms with E-state index in [4.69, 9.17) is 9.97 Å². The van der Waals surface area contributed by atoms with Crippen LogP contribution >= 0.6 is 11.3 Å². The van der Waals surface area contributed by atoms with Gasteiger partial charge in [-0.15, -0.1) is 11.3 Å². The molecule has 9 heteroatoms. The largest absolute Gasteiger partial charge is 0.508 e. The van der Waals surface area contributed by atoms with Crippen LogP contribution in [-0.2, 0) is 6.54 Å². The third-order valence-electron chi connectivity index (χ3n) is 6.37. The molecule has 5 rings (SSSR count). The molecule has 0 radical (unpaired) electrons. The standard InChI is InChI=1S/C24H30N6O2S/c1-28(2)17-6-9-29(10-7-17)15-19-14-20-22(33-19)23(25-8-12-31)27-24(26-20)30-11-5-16-13-18(32)3-4-21(16)30/h3-5,11,13-14,17,31-32H,6-10,12,15H2,1-2H3,(H,25,26,27). The van der Waals surface area contributed by atoms with E-state index < -0.39 is 0 Å². The Labute approximate surface area is 197 Å². The van der Waals surface area contributed by atoms with Gasteiger partial charge in [-0.25, -0.2) is 4.98 Å². The molecule has 1 aromatic carbocycles. The number of benzene rings is 1. The highest BCUT2D eigenvalue weighted by Crippen LogP contribution is 2.33. The second-order valence-corrected chi connectivity index (χ2v) is 9.99. The topological polar surface area (TPSA) is 89.7 Å². The van der Waals surface area contributed by atoms with Gasteiger partial charge in [-0.1, -0.05) is 0 Å². The van der Waals surface area contributed by atoms with Crippen LogP contribution in [0, 0.1) is 0 Å². The predicted octanol–water partition coefficient (Wildman–Crippen LogP) is 3.27. The van der Waals surface area contributed by atoms with E-state index in [1.54, 1.807) is 23.5 Å². The highest BCUT2D eigenvalue weighted by molar-refractivity contribution is 7.19. The van der Waals surface area contributed by atoms with Crippen LogP contribution in [0.15, 0.2) is 36.5 Å². The van der Waals surface area contributed by atoms with Gasteiger partial charge in [-0.05, 0) is 57.3 Å². The van der Waals surface area contributed by atoms with E-state index >= 15 is 0 Å². The Bertz CT molecular complexity index is 1260. The second kappa shape index (κ2) is 9.26. The number of aliphatic hydroxyl groups excluding tert-OH is 1. The molecular weight excluding hydrogens is 436 g/mol. The van der Waals surface area contributed by atoms with Crippen LogP contribution < -0.4 is 5.32 Å². The molecule has 1 fully saturated rings. The lowest BCUT2D eigenvalue weighted by Gasteiger charge is -2.34. The number of aromatic nitrogens is 3. The average molecular weight is 467 g/mol. The van der Waals surface area contributed by atoms with Crippen LogP contribution in [0.3, 0.4) is 0 Å². The van der Waals surface area contributed by atoms with Gasteiger partial charge < -0.3 is 20.4 Å². The zero-order valence-electron chi connectivity index (χ0n) is 19.0. The number of aromatic hydroxyl groups is 1. The van der Waals surface area contributed by atoms with E-state index in [0.717, 1.165) is 46.6 Å². The first-order valence-corrected chi connectivity index (χ1v) is 12.2. The molecule has 8 nitrogen and oxygen atoms in total. The Hall–Kier alpha value is -2.72. The Morgan fingerprint density at radius 1 is 1.15 bits per heavy atom. The van der Waals surface area contributed by atoms with Gasteiger partial charge in [0.15, 0.2) is 0 Å². The fourth-order valence-electron chi connectivity index (χ4n) is 4.57. The normalized spacial score (nSPS) is 15.8. The van der Waals surface area contributed by atoms with Crippen LogP contribution in [0.2, 0.25) is 0 Å². The number of hydrogen-bond acceptors (Lipinski definition) is 8. The van der Waals surface area contributed by atoms with Crippen molar-refractivity contribution >= 4 is 38.3 Å². The predicted molar refractivity (Wildman–Crippen MR) is 133 cm³/mol. The molecule has 1 saturated heterocycles. The van der Waals surface area contributed by atoms with Gasteiger partial charge in [0, 0.05) is 48.7 Å². The molecule has 0 amide bonds. The van der Waals surface area contributed by atoms with Crippen molar-refractivity contribution in [2.45, 2.75) is 25.4 Å². The Balaban J connectivity index is 1.47. The van der Waals surface area contributed by atoms with E-state index in [1.807, 2.05) is 22.9 Å². The number of anilines is 1. The van der Waals surface area contributed by atoms with Gasteiger partial charge in [-0.2, -0.15) is 4.98 Å². The molecule has 4 heterocycles. The van der Waals surface area contributed by atoms with Gasteiger partial charge in [0.1, 0.15) is 11.6 Å². The summed E-state index contributed by atoms with van der Waals surface area (Å²) in [6.45, 7) is 3.59. The fraction of sp³-hybridized carbons (Fsp3) is 0.417. The summed E-state index contributed by atoms with van der Waals surface area (Å²) >= 11 is 1.72. The third-order valence-corrected chi connectivity index (χ3v) is 7.49. The molecule has 1 aliphatic heterocycles. The molecule has 3 N–H and O–H groups in total. The second-order valence-electron chi connectivity index (χ2n) is 8.85. The maximum absolute atomic E-state index is 9.79.